The molecule has 2 heterocycles. The third-order valence-electron chi connectivity index (χ3n) is 6.34. The van der Waals surface area contributed by atoms with E-state index in [1.807, 2.05) is 18.2 Å². The van der Waals surface area contributed by atoms with Gasteiger partial charge in [-0.1, -0.05) is 43.3 Å². The Hall–Kier alpha value is -2.72. The summed E-state index contributed by atoms with van der Waals surface area (Å²) >= 11 is 0. The maximum Gasteiger partial charge on any atom is 0.163 e. The highest BCUT2D eigenvalue weighted by molar-refractivity contribution is 6.07. The molecule has 0 spiro atoms. The van der Waals surface area contributed by atoms with E-state index < -0.39 is 0 Å². The van der Waals surface area contributed by atoms with Crippen molar-refractivity contribution < 1.29 is 9.53 Å². The summed E-state index contributed by atoms with van der Waals surface area (Å²) in [7, 11) is 0. The molecule has 29 heavy (non-hydrogen) atoms. The van der Waals surface area contributed by atoms with Crippen LogP contribution in [0.5, 0.6) is 0 Å². The van der Waals surface area contributed by atoms with Crippen LogP contribution >= 0.6 is 0 Å². The van der Waals surface area contributed by atoms with E-state index in [4.69, 9.17) is 9.73 Å². The molecule has 1 fully saturated rings. The van der Waals surface area contributed by atoms with Gasteiger partial charge in [-0.05, 0) is 47.2 Å². The van der Waals surface area contributed by atoms with Gasteiger partial charge in [0.25, 0.3) is 0 Å². The molecule has 3 aliphatic rings. The standard InChI is InChI=1S/C25H26N2O2/c1-16(17-5-3-2-4-6-17)22-12-19-13-23-20(11-18(19)14-24(22)28)15-26-25(23)27-21-7-9-29-10-8-21/h2-6,11-13,16,21H,7-10,14-15H2,1H3,(H,26,27)/t16-/m1/s1. The van der Waals surface area contributed by atoms with Gasteiger partial charge in [-0.2, -0.15) is 0 Å². The molecule has 2 aromatic carbocycles. The van der Waals surface area contributed by atoms with E-state index >= 15 is 0 Å². The zero-order chi connectivity index (χ0) is 19.8. The fourth-order valence-corrected chi connectivity index (χ4v) is 4.57. The van der Waals surface area contributed by atoms with Gasteiger partial charge in [-0.3, -0.25) is 9.79 Å². The minimum atomic E-state index is 0.0959. The number of nitrogens with zero attached hydrogens (tertiary/aromatic N) is 1. The van der Waals surface area contributed by atoms with Gasteiger partial charge in [0.05, 0.1) is 6.54 Å². The van der Waals surface area contributed by atoms with E-state index in [0.717, 1.165) is 48.6 Å². The second-order valence-electron chi connectivity index (χ2n) is 8.24. The third kappa shape index (κ3) is 3.53. The van der Waals surface area contributed by atoms with Crippen molar-refractivity contribution in [3.63, 3.8) is 0 Å². The van der Waals surface area contributed by atoms with Crippen LogP contribution in [0.1, 0.15) is 53.5 Å². The number of allylic oxidation sites excluding steroid dienone is 1. The van der Waals surface area contributed by atoms with Gasteiger partial charge in [-0.15, -0.1) is 0 Å². The summed E-state index contributed by atoms with van der Waals surface area (Å²) in [6.45, 7) is 4.44. The summed E-state index contributed by atoms with van der Waals surface area (Å²) in [5.74, 6) is 1.32. The molecule has 148 valence electrons. The summed E-state index contributed by atoms with van der Waals surface area (Å²) < 4.78 is 5.47. The second-order valence-corrected chi connectivity index (χ2v) is 8.24. The molecule has 5 rings (SSSR count). The van der Waals surface area contributed by atoms with Crippen molar-refractivity contribution in [2.45, 2.75) is 44.7 Å². The number of nitrogens with one attached hydrogen (secondary N) is 1. The number of ether oxygens (including phenoxy) is 1. The van der Waals surface area contributed by atoms with Crippen LogP contribution in [-0.2, 0) is 22.5 Å². The summed E-state index contributed by atoms with van der Waals surface area (Å²) in [4.78, 5) is 17.6. The average molecular weight is 386 g/mol. The Morgan fingerprint density at radius 2 is 1.90 bits per heavy atom. The Kier molecular flexibility index (Phi) is 4.80. The number of amidine groups is 1. The molecule has 2 aliphatic heterocycles. The predicted molar refractivity (Wildman–Crippen MR) is 115 cm³/mol. The second kappa shape index (κ2) is 7.60. The summed E-state index contributed by atoms with van der Waals surface area (Å²) in [5, 5.41) is 3.63. The van der Waals surface area contributed by atoms with E-state index in [1.165, 1.54) is 16.7 Å². The number of rotatable bonds is 3. The number of hydrogen-bond donors (Lipinski definition) is 1. The number of benzene rings is 2. The van der Waals surface area contributed by atoms with Crippen molar-refractivity contribution >= 4 is 17.7 Å². The first-order chi connectivity index (χ1) is 14.2. The van der Waals surface area contributed by atoms with Crippen LogP contribution < -0.4 is 5.32 Å². The highest BCUT2D eigenvalue weighted by Crippen LogP contribution is 2.34. The lowest BCUT2D eigenvalue weighted by molar-refractivity contribution is -0.115. The molecule has 4 heteroatoms. The lowest BCUT2D eigenvalue weighted by Gasteiger charge is -2.25. The highest BCUT2D eigenvalue weighted by atomic mass is 16.5. The zero-order valence-corrected chi connectivity index (χ0v) is 16.8. The molecule has 1 N–H and O–H groups in total. The summed E-state index contributed by atoms with van der Waals surface area (Å²) in [6, 6.07) is 15.1. The molecule has 0 unspecified atom stereocenters. The Bertz CT molecular complexity index is 1000. The van der Waals surface area contributed by atoms with E-state index in [2.05, 4.69) is 42.6 Å². The first kappa shape index (κ1) is 18.3. The van der Waals surface area contributed by atoms with E-state index in [9.17, 15) is 4.79 Å². The number of Topliss-reactive ketones (excluding diaryl/α,β-unsaturated/α-hetero) is 1. The van der Waals surface area contributed by atoms with Gasteiger partial charge in [0.1, 0.15) is 5.84 Å². The van der Waals surface area contributed by atoms with Gasteiger partial charge in [0.2, 0.25) is 0 Å². The zero-order valence-electron chi connectivity index (χ0n) is 16.8. The van der Waals surface area contributed by atoms with Crippen LogP contribution in [0, 0.1) is 0 Å². The normalized spacial score (nSPS) is 19.8. The van der Waals surface area contributed by atoms with Crippen LogP contribution in [0.3, 0.4) is 0 Å². The van der Waals surface area contributed by atoms with Gasteiger partial charge < -0.3 is 10.1 Å². The lowest BCUT2D eigenvalue weighted by Crippen LogP contribution is -2.38. The molecule has 2 aromatic rings. The minimum absolute atomic E-state index is 0.0959. The van der Waals surface area contributed by atoms with Gasteiger partial charge in [0.15, 0.2) is 5.78 Å². The maximum absolute atomic E-state index is 12.9. The molecule has 0 saturated carbocycles. The lowest BCUT2D eigenvalue weighted by atomic mass is 9.81. The molecular formula is C25H26N2O2. The molecule has 1 atom stereocenters. The Morgan fingerprint density at radius 1 is 1.10 bits per heavy atom. The van der Waals surface area contributed by atoms with Crippen LogP contribution in [0.15, 0.2) is 53.0 Å². The maximum atomic E-state index is 12.9. The van der Waals surface area contributed by atoms with Crippen LogP contribution in [0.25, 0.3) is 6.08 Å². The van der Waals surface area contributed by atoms with E-state index in [1.54, 1.807) is 0 Å². The topological polar surface area (TPSA) is 50.7 Å². The number of aliphatic imine (C=N–C) groups is 1. The molecular weight excluding hydrogens is 360 g/mol. The summed E-state index contributed by atoms with van der Waals surface area (Å²) in [5.41, 5.74) is 6.77. The van der Waals surface area contributed by atoms with Gasteiger partial charge in [0, 0.05) is 42.7 Å². The Labute approximate surface area is 171 Å². The molecule has 4 nitrogen and oxygen atoms in total. The van der Waals surface area contributed by atoms with Crippen molar-refractivity contribution in [1.82, 2.24) is 5.32 Å². The predicted octanol–water partition coefficient (Wildman–Crippen LogP) is 4.03. The fraction of sp³-hybridized carbons (Fsp3) is 0.360. The van der Waals surface area contributed by atoms with Crippen LogP contribution in [0.2, 0.25) is 0 Å². The van der Waals surface area contributed by atoms with Gasteiger partial charge >= 0.3 is 0 Å². The Morgan fingerprint density at radius 3 is 2.69 bits per heavy atom. The molecule has 0 bridgehead atoms. The highest BCUT2D eigenvalue weighted by Gasteiger charge is 2.27. The number of carbonyl (C=O) groups is 1. The van der Waals surface area contributed by atoms with E-state index in [0.29, 0.717) is 19.0 Å². The van der Waals surface area contributed by atoms with Crippen molar-refractivity contribution in [2.24, 2.45) is 4.99 Å². The van der Waals surface area contributed by atoms with Crippen molar-refractivity contribution in [2.75, 3.05) is 13.2 Å². The van der Waals surface area contributed by atoms with Crippen molar-refractivity contribution in [3.05, 3.63) is 75.9 Å². The summed E-state index contributed by atoms with van der Waals surface area (Å²) in [6.07, 6.45) is 4.62. The van der Waals surface area contributed by atoms with Crippen molar-refractivity contribution in [1.29, 1.82) is 0 Å². The minimum Gasteiger partial charge on any atom is -0.381 e. The van der Waals surface area contributed by atoms with Crippen molar-refractivity contribution in [3.8, 4) is 0 Å². The largest absolute Gasteiger partial charge is 0.381 e. The average Bonchev–Trinajstić information content (AvgIpc) is 3.14. The Balaban J connectivity index is 1.45. The smallest absolute Gasteiger partial charge is 0.163 e. The van der Waals surface area contributed by atoms with Gasteiger partial charge in [-0.25, -0.2) is 0 Å². The fourth-order valence-electron chi connectivity index (χ4n) is 4.57. The molecule has 1 aliphatic carbocycles. The van der Waals surface area contributed by atoms with Crippen LogP contribution in [0.4, 0.5) is 0 Å². The molecule has 0 aromatic heterocycles. The number of fused-ring (bicyclic) bond motifs is 2. The first-order valence-electron chi connectivity index (χ1n) is 10.5. The number of hydrogen-bond acceptors (Lipinski definition) is 4. The van der Waals surface area contributed by atoms with E-state index in [-0.39, 0.29) is 11.7 Å². The monoisotopic (exact) mass is 386 g/mol. The SMILES string of the molecule is C[C@@H](C1=Cc2cc3c(cc2CC1=O)CN=C3NC1CCOCC1)c1ccccc1. The molecule has 1 saturated heterocycles. The third-order valence-corrected chi connectivity index (χ3v) is 6.34. The first-order valence-corrected chi connectivity index (χ1v) is 10.5. The molecule has 0 amide bonds. The number of carbonyl (C=O) groups excluding carboxylic acids is 1. The number of ketones is 1. The molecule has 0 radical (unpaired) electrons. The quantitative estimate of drug-likeness (QED) is 0.867. The van der Waals surface area contributed by atoms with Crippen LogP contribution in [-0.4, -0.2) is 30.9 Å².